The maximum atomic E-state index is 13.0. The quantitative estimate of drug-likeness (QED) is 0.107. The van der Waals surface area contributed by atoms with Crippen molar-refractivity contribution in [2.24, 2.45) is 0 Å². The molecule has 0 aliphatic carbocycles. The van der Waals surface area contributed by atoms with E-state index in [9.17, 15) is 9.90 Å². The highest BCUT2D eigenvalue weighted by Gasteiger charge is 2.42. The maximum Gasteiger partial charge on any atom is 0.224 e. The van der Waals surface area contributed by atoms with Gasteiger partial charge in [0.15, 0.2) is 6.29 Å². The number of unbranched alkanes of at least 4 members (excludes halogenated alkanes) is 12. The first kappa shape index (κ1) is 41.1. The van der Waals surface area contributed by atoms with Gasteiger partial charge in [-0.25, -0.2) is 0 Å². The van der Waals surface area contributed by atoms with Crippen LogP contribution in [0.5, 0.6) is 0 Å². The smallest absolute Gasteiger partial charge is 0.224 e. The standard InChI is InChI=1S/C47H68N2O4/c1-2-3-4-5-6-7-8-9-10-11-12-14-20-28-44(51)48-42-27-23-26-41(35-42)47-52-43(36-49-33-21-15-13-16-22-34-49)45(39-24-18-17-19-25-39)46(53-47)40-31-29-38(37-50)30-32-40/h17-19,23-27,29-32,35,43,45-47,50H,2-16,20-22,28,33-34,36-37H2,1H3,(H,48,51)/t43-,45-,46+,47?/m1/s1. The van der Waals surface area contributed by atoms with Crippen LogP contribution in [0.1, 0.15) is 169 Å². The van der Waals surface area contributed by atoms with Crippen LogP contribution < -0.4 is 5.32 Å². The van der Waals surface area contributed by atoms with Gasteiger partial charge in [-0.3, -0.25) is 4.79 Å². The Morgan fingerprint density at radius 2 is 1.28 bits per heavy atom. The number of hydrogen-bond acceptors (Lipinski definition) is 5. The third-order valence-electron chi connectivity index (χ3n) is 11.3. The van der Waals surface area contributed by atoms with Gasteiger partial charge in [-0.05, 0) is 61.2 Å². The van der Waals surface area contributed by atoms with Gasteiger partial charge in [0.05, 0.1) is 18.8 Å². The van der Waals surface area contributed by atoms with Crippen LogP contribution in [0.25, 0.3) is 0 Å². The highest BCUT2D eigenvalue weighted by molar-refractivity contribution is 5.90. The SMILES string of the molecule is CCCCCCCCCCCCCCCC(=O)Nc1cccc(C2O[C@H](CN3CCCCCCC3)[C@@H](c3ccccc3)[C@H](c3ccc(CO)cc3)O2)c1. The zero-order valence-corrected chi connectivity index (χ0v) is 32.7. The lowest BCUT2D eigenvalue weighted by molar-refractivity contribution is -0.263. The summed E-state index contributed by atoms with van der Waals surface area (Å²) in [7, 11) is 0. The van der Waals surface area contributed by atoms with Crippen LogP contribution in [0.15, 0.2) is 78.9 Å². The Kier molecular flexibility index (Phi) is 18.4. The molecule has 6 nitrogen and oxygen atoms in total. The normalized spacial score (nSPS) is 21.2. The lowest BCUT2D eigenvalue weighted by Crippen LogP contribution is -2.45. The van der Waals surface area contributed by atoms with E-state index >= 15 is 0 Å². The van der Waals surface area contributed by atoms with Crippen molar-refractivity contribution >= 4 is 11.6 Å². The molecule has 2 heterocycles. The predicted octanol–water partition coefficient (Wildman–Crippen LogP) is 11.8. The van der Waals surface area contributed by atoms with Crippen molar-refractivity contribution in [3.63, 3.8) is 0 Å². The molecule has 3 aromatic carbocycles. The lowest BCUT2D eigenvalue weighted by Gasteiger charge is -2.44. The molecule has 290 valence electrons. The summed E-state index contributed by atoms with van der Waals surface area (Å²) in [5.74, 6) is 0.0535. The van der Waals surface area contributed by atoms with Gasteiger partial charge in [0, 0.05) is 30.1 Å². The molecular weight excluding hydrogens is 657 g/mol. The second-order valence-electron chi connectivity index (χ2n) is 15.6. The lowest BCUT2D eigenvalue weighted by atomic mass is 9.83. The molecule has 5 rings (SSSR count). The van der Waals surface area contributed by atoms with Crippen LogP contribution in [-0.2, 0) is 20.9 Å². The number of carbonyl (C=O) groups excluding carboxylic acids is 1. The number of likely N-dealkylation sites (tertiary alicyclic amines) is 1. The highest BCUT2D eigenvalue weighted by atomic mass is 16.7. The molecule has 53 heavy (non-hydrogen) atoms. The van der Waals surface area contributed by atoms with Crippen molar-refractivity contribution in [2.75, 3.05) is 25.0 Å². The van der Waals surface area contributed by atoms with Crippen LogP contribution in [-0.4, -0.2) is 41.7 Å². The summed E-state index contributed by atoms with van der Waals surface area (Å²) in [5, 5.41) is 12.9. The average Bonchev–Trinajstić information content (AvgIpc) is 3.18. The molecule has 1 unspecified atom stereocenters. The Balaban J connectivity index is 1.20. The van der Waals surface area contributed by atoms with Crippen molar-refractivity contribution in [1.29, 1.82) is 0 Å². The summed E-state index contributed by atoms with van der Waals surface area (Å²) < 4.78 is 14.0. The Labute approximate surface area is 321 Å². The minimum absolute atomic E-state index is 0.00904. The van der Waals surface area contributed by atoms with Gasteiger partial charge in [-0.2, -0.15) is 0 Å². The number of carbonyl (C=O) groups is 1. The van der Waals surface area contributed by atoms with E-state index in [2.05, 4.69) is 65.7 Å². The molecule has 0 bridgehead atoms. The largest absolute Gasteiger partial charge is 0.392 e. The highest BCUT2D eigenvalue weighted by Crippen LogP contribution is 2.47. The average molecular weight is 725 g/mol. The van der Waals surface area contributed by atoms with Crippen LogP contribution in [0, 0.1) is 0 Å². The third kappa shape index (κ3) is 14.0. The molecule has 2 N–H and O–H groups in total. The van der Waals surface area contributed by atoms with E-state index in [1.165, 1.54) is 108 Å². The molecular formula is C47H68N2O4. The number of nitrogens with one attached hydrogen (secondary N) is 1. The zero-order chi connectivity index (χ0) is 36.9. The zero-order valence-electron chi connectivity index (χ0n) is 32.7. The van der Waals surface area contributed by atoms with E-state index < -0.39 is 6.29 Å². The fourth-order valence-electron chi connectivity index (χ4n) is 8.21. The van der Waals surface area contributed by atoms with Gasteiger partial charge in [-0.15, -0.1) is 0 Å². The van der Waals surface area contributed by atoms with E-state index in [0.29, 0.717) is 6.42 Å². The fourth-order valence-corrected chi connectivity index (χ4v) is 8.21. The van der Waals surface area contributed by atoms with Crippen LogP contribution in [0.2, 0.25) is 0 Å². The number of hydrogen-bond donors (Lipinski definition) is 2. The number of nitrogens with zero attached hydrogens (tertiary/aromatic N) is 1. The van der Waals surface area contributed by atoms with Crippen molar-refractivity contribution in [3.8, 4) is 0 Å². The molecule has 1 amide bonds. The summed E-state index contributed by atoms with van der Waals surface area (Å²) in [5.41, 5.74) is 4.85. The van der Waals surface area contributed by atoms with Crippen LogP contribution in [0.4, 0.5) is 5.69 Å². The number of amides is 1. The van der Waals surface area contributed by atoms with Gasteiger partial charge in [0.2, 0.25) is 5.91 Å². The molecule has 0 radical (unpaired) electrons. The van der Waals surface area contributed by atoms with Crippen LogP contribution in [0.3, 0.4) is 0 Å². The first-order valence-electron chi connectivity index (χ1n) is 21.3. The summed E-state index contributed by atoms with van der Waals surface area (Å²) in [6.45, 7) is 5.29. The first-order valence-corrected chi connectivity index (χ1v) is 21.3. The second-order valence-corrected chi connectivity index (χ2v) is 15.6. The summed E-state index contributed by atoms with van der Waals surface area (Å²) in [6, 6.07) is 26.9. The minimum Gasteiger partial charge on any atom is -0.392 e. The molecule has 6 heteroatoms. The Hall–Kier alpha value is -3.03. The summed E-state index contributed by atoms with van der Waals surface area (Å²) >= 11 is 0. The molecule has 0 saturated carbocycles. The predicted molar refractivity (Wildman–Crippen MR) is 218 cm³/mol. The Bertz CT molecular complexity index is 1420. The van der Waals surface area contributed by atoms with Crippen LogP contribution >= 0.6 is 0 Å². The van der Waals surface area contributed by atoms with Crippen molar-refractivity contribution in [1.82, 2.24) is 4.90 Å². The Morgan fingerprint density at radius 1 is 0.679 bits per heavy atom. The summed E-state index contributed by atoms with van der Waals surface area (Å²) in [6.07, 6.45) is 22.8. The van der Waals surface area contributed by atoms with E-state index in [-0.39, 0.29) is 30.6 Å². The third-order valence-corrected chi connectivity index (χ3v) is 11.3. The molecule has 3 aromatic rings. The number of benzene rings is 3. The van der Waals surface area contributed by atoms with E-state index in [4.69, 9.17) is 9.47 Å². The molecule has 2 fully saturated rings. The maximum absolute atomic E-state index is 13.0. The van der Waals surface area contributed by atoms with Gasteiger partial charge in [0.1, 0.15) is 0 Å². The van der Waals surface area contributed by atoms with Gasteiger partial charge in [-0.1, -0.05) is 170 Å². The van der Waals surface area contributed by atoms with Gasteiger partial charge in [0.25, 0.3) is 0 Å². The number of aliphatic hydroxyl groups excluding tert-OH is 1. The molecule has 2 aliphatic heterocycles. The second kappa shape index (κ2) is 23.7. The first-order chi connectivity index (χ1) is 26.1. The van der Waals surface area contributed by atoms with Gasteiger partial charge >= 0.3 is 0 Å². The topological polar surface area (TPSA) is 71.0 Å². The fraction of sp³-hybridized carbons (Fsp3) is 0.596. The molecule has 2 saturated heterocycles. The van der Waals surface area contributed by atoms with Crippen molar-refractivity contribution < 1.29 is 19.4 Å². The van der Waals surface area contributed by atoms with E-state index in [1.54, 1.807) is 0 Å². The van der Waals surface area contributed by atoms with Gasteiger partial charge < -0.3 is 24.8 Å². The molecule has 2 aliphatic rings. The van der Waals surface area contributed by atoms with E-state index in [1.807, 2.05) is 30.3 Å². The number of anilines is 1. The van der Waals surface area contributed by atoms with E-state index in [0.717, 1.165) is 54.9 Å². The number of ether oxygens (including phenoxy) is 2. The molecule has 4 atom stereocenters. The minimum atomic E-state index is -0.588. The van der Waals surface area contributed by atoms with Crippen molar-refractivity contribution in [3.05, 3.63) is 101 Å². The molecule has 0 aromatic heterocycles. The Morgan fingerprint density at radius 3 is 1.92 bits per heavy atom. The molecule has 0 spiro atoms. The van der Waals surface area contributed by atoms with Crippen molar-refractivity contribution in [2.45, 2.75) is 160 Å². The number of aliphatic hydroxyl groups is 1. The monoisotopic (exact) mass is 725 g/mol. The summed E-state index contributed by atoms with van der Waals surface area (Å²) in [4.78, 5) is 15.6. The number of rotatable bonds is 21.